The van der Waals surface area contributed by atoms with Gasteiger partial charge in [-0.2, -0.15) is 0 Å². The number of carbonyl (C=O) groups excluding carboxylic acids is 1. The van der Waals surface area contributed by atoms with Crippen molar-refractivity contribution in [1.82, 2.24) is 10.0 Å². The largest absolute Gasteiger partial charge is 0.356 e. The van der Waals surface area contributed by atoms with Gasteiger partial charge in [0.1, 0.15) is 5.82 Å². The lowest BCUT2D eigenvalue weighted by Gasteiger charge is -2.07. The van der Waals surface area contributed by atoms with E-state index in [1.165, 1.54) is 12.1 Å². The normalized spacial score (nSPS) is 10.8. The Labute approximate surface area is 136 Å². The first-order chi connectivity index (χ1) is 9.95. The van der Waals surface area contributed by atoms with Crippen LogP contribution in [0.15, 0.2) is 29.2 Å². The van der Waals surface area contributed by atoms with Gasteiger partial charge in [0, 0.05) is 19.5 Å². The minimum Gasteiger partial charge on any atom is -0.356 e. The van der Waals surface area contributed by atoms with Gasteiger partial charge in [0.15, 0.2) is 0 Å². The molecule has 0 spiro atoms. The van der Waals surface area contributed by atoms with E-state index in [2.05, 4.69) is 10.0 Å². The van der Waals surface area contributed by atoms with Crippen molar-refractivity contribution >= 4 is 28.3 Å². The number of hydrogen-bond donors (Lipinski definition) is 3. The molecule has 1 aromatic carbocycles. The number of rotatable bonds is 9. The molecule has 0 unspecified atom stereocenters. The van der Waals surface area contributed by atoms with E-state index in [0.29, 0.717) is 13.1 Å². The third-order valence-corrected chi connectivity index (χ3v) is 4.20. The van der Waals surface area contributed by atoms with Crippen LogP contribution in [0.4, 0.5) is 4.39 Å². The van der Waals surface area contributed by atoms with Gasteiger partial charge in [-0.05, 0) is 43.7 Å². The molecule has 0 fully saturated rings. The van der Waals surface area contributed by atoms with Crippen LogP contribution in [0, 0.1) is 5.82 Å². The van der Waals surface area contributed by atoms with Crippen LogP contribution in [0.2, 0.25) is 0 Å². The van der Waals surface area contributed by atoms with Crippen LogP contribution in [-0.2, 0) is 14.8 Å². The molecule has 4 N–H and O–H groups in total. The van der Waals surface area contributed by atoms with Gasteiger partial charge in [-0.3, -0.25) is 4.79 Å². The summed E-state index contributed by atoms with van der Waals surface area (Å²) in [5.74, 6) is -0.736. The van der Waals surface area contributed by atoms with Gasteiger partial charge >= 0.3 is 0 Å². The molecule has 1 rings (SSSR count). The Bertz CT molecular complexity index is 552. The van der Waals surface area contributed by atoms with Crippen molar-refractivity contribution in [2.75, 3.05) is 19.6 Å². The van der Waals surface area contributed by atoms with Crippen molar-refractivity contribution in [1.29, 1.82) is 0 Å². The van der Waals surface area contributed by atoms with Crippen LogP contribution < -0.4 is 15.8 Å². The standard InChI is InChI=1S/C13H20FN3O3S.ClH/c14-11-3-5-12(6-4-11)21(19,20)17-10-7-13(18)16-9-2-1-8-15;/h3-6,17H,1-2,7-10,15H2,(H,16,18);1H. The van der Waals surface area contributed by atoms with Gasteiger partial charge in [0.2, 0.25) is 15.9 Å². The maximum atomic E-state index is 12.7. The summed E-state index contributed by atoms with van der Waals surface area (Å²) in [7, 11) is -3.72. The Morgan fingerprint density at radius 2 is 1.77 bits per heavy atom. The van der Waals surface area contributed by atoms with Gasteiger partial charge in [-0.15, -0.1) is 12.4 Å². The fraction of sp³-hybridized carbons (Fsp3) is 0.462. The molecule has 1 aromatic rings. The van der Waals surface area contributed by atoms with Crippen molar-refractivity contribution in [2.45, 2.75) is 24.2 Å². The molecule has 1 amide bonds. The maximum Gasteiger partial charge on any atom is 0.240 e. The molecule has 22 heavy (non-hydrogen) atoms. The van der Waals surface area contributed by atoms with E-state index in [0.717, 1.165) is 25.0 Å². The van der Waals surface area contributed by atoms with E-state index in [4.69, 9.17) is 5.73 Å². The molecular weight excluding hydrogens is 333 g/mol. The number of unbranched alkanes of at least 4 members (excludes halogenated alkanes) is 1. The molecule has 0 saturated heterocycles. The Hall–Kier alpha value is -1.22. The molecule has 126 valence electrons. The molecule has 0 aliphatic heterocycles. The lowest BCUT2D eigenvalue weighted by Crippen LogP contribution is -2.31. The maximum absolute atomic E-state index is 12.7. The second-order valence-corrected chi connectivity index (χ2v) is 6.21. The summed E-state index contributed by atoms with van der Waals surface area (Å²) in [6, 6.07) is 4.48. The molecule has 0 saturated carbocycles. The molecule has 0 aliphatic rings. The Morgan fingerprint density at radius 1 is 1.14 bits per heavy atom. The zero-order chi connectivity index (χ0) is 15.7. The highest BCUT2D eigenvalue weighted by atomic mass is 35.5. The van der Waals surface area contributed by atoms with Gasteiger partial charge in [0.05, 0.1) is 4.90 Å². The lowest BCUT2D eigenvalue weighted by atomic mass is 10.3. The predicted octanol–water partition coefficient (Wildman–Crippen LogP) is 0.771. The molecule has 0 aliphatic carbocycles. The van der Waals surface area contributed by atoms with Gasteiger partial charge in [0.25, 0.3) is 0 Å². The highest BCUT2D eigenvalue weighted by molar-refractivity contribution is 7.89. The second-order valence-electron chi connectivity index (χ2n) is 4.45. The summed E-state index contributed by atoms with van der Waals surface area (Å²) in [6.07, 6.45) is 1.67. The number of nitrogens with one attached hydrogen (secondary N) is 2. The summed E-state index contributed by atoms with van der Waals surface area (Å²) in [5.41, 5.74) is 5.33. The highest BCUT2D eigenvalue weighted by Gasteiger charge is 2.13. The van der Waals surface area contributed by atoms with E-state index >= 15 is 0 Å². The molecule has 0 radical (unpaired) electrons. The fourth-order valence-electron chi connectivity index (χ4n) is 1.58. The van der Waals surface area contributed by atoms with E-state index in [9.17, 15) is 17.6 Å². The molecule has 0 heterocycles. The third kappa shape index (κ3) is 7.69. The number of amides is 1. The van der Waals surface area contributed by atoms with E-state index < -0.39 is 15.8 Å². The molecular formula is C13H21ClFN3O3S. The van der Waals surface area contributed by atoms with E-state index in [1.54, 1.807) is 0 Å². The Balaban J connectivity index is 0.00000441. The summed E-state index contributed by atoms with van der Waals surface area (Å²) < 4.78 is 38.7. The monoisotopic (exact) mass is 353 g/mol. The Kier molecular flexibility index (Phi) is 9.91. The van der Waals surface area contributed by atoms with Gasteiger partial charge in [-0.1, -0.05) is 0 Å². The molecule has 0 aromatic heterocycles. The highest BCUT2D eigenvalue weighted by Crippen LogP contribution is 2.09. The van der Waals surface area contributed by atoms with Crippen molar-refractivity contribution in [2.24, 2.45) is 5.73 Å². The summed E-state index contributed by atoms with van der Waals surface area (Å²) in [5, 5.41) is 2.67. The summed E-state index contributed by atoms with van der Waals surface area (Å²) in [6.45, 7) is 1.09. The third-order valence-electron chi connectivity index (χ3n) is 2.72. The van der Waals surface area contributed by atoms with Crippen LogP contribution in [0.1, 0.15) is 19.3 Å². The van der Waals surface area contributed by atoms with Gasteiger partial charge < -0.3 is 11.1 Å². The SMILES string of the molecule is Cl.NCCCCNC(=O)CCNS(=O)(=O)c1ccc(F)cc1. The Morgan fingerprint density at radius 3 is 2.36 bits per heavy atom. The minimum absolute atomic E-state index is 0. The first-order valence-electron chi connectivity index (χ1n) is 6.67. The number of hydrogen-bond acceptors (Lipinski definition) is 4. The predicted molar refractivity (Wildman–Crippen MR) is 84.8 cm³/mol. The minimum atomic E-state index is -3.72. The first kappa shape index (κ1) is 20.8. The van der Waals surface area contributed by atoms with E-state index in [1.807, 2.05) is 0 Å². The number of carbonyl (C=O) groups is 1. The number of halogens is 2. The van der Waals surface area contributed by atoms with Crippen molar-refractivity contribution < 1.29 is 17.6 Å². The quantitative estimate of drug-likeness (QED) is 0.571. The first-order valence-corrected chi connectivity index (χ1v) is 8.16. The average Bonchev–Trinajstić information content (AvgIpc) is 2.44. The number of sulfonamides is 1. The zero-order valence-corrected chi connectivity index (χ0v) is 13.7. The topological polar surface area (TPSA) is 101 Å². The summed E-state index contributed by atoms with van der Waals surface area (Å²) >= 11 is 0. The second kappa shape index (κ2) is 10.5. The molecule has 6 nitrogen and oxygen atoms in total. The molecule has 9 heteroatoms. The molecule has 0 bridgehead atoms. The van der Waals surface area contributed by atoms with Crippen LogP contribution in [-0.4, -0.2) is 34.0 Å². The van der Waals surface area contributed by atoms with Crippen molar-refractivity contribution in [3.8, 4) is 0 Å². The van der Waals surface area contributed by atoms with Gasteiger partial charge in [-0.25, -0.2) is 17.5 Å². The van der Waals surface area contributed by atoms with Crippen molar-refractivity contribution in [3.63, 3.8) is 0 Å². The summed E-state index contributed by atoms with van der Waals surface area (Å²) in [4.78, 5) is 11.4. The smallest absolute Gasteiger partial charge is 0.240 e. The molecule has 0 atom stereocenters. The van der Waals surface area contributed by atoms with Crippen LogP contribution >= 0.6 is 12.4 Å². The zero-order valence-electron chi connectivity index (χ0n) is 12.0. The van der Waals surface area contributed by atoms with Crippen molar-refractivity contribution in [3.05, 3.63) is 30.1 Å². The number of benzene rings is 1. The van der Waals surface area contributed by atoms with Crippen LogP contribution in [0.25, 0.3) is 0 Å². The van der Waals surface area contributed by atoms with Crippen LogP contribution in [0.5, 0.6) is 0 Å². The van der Waals surface area contributed by atoms with Crippen LogP contribution in [0.3, 0.4) is 0 Å². The average molecular weight is 354 g/mol. The van der Waals surface area contributed by atoms with E-state index in [-0.39, 0.29) is 36.2 Å². The fourth-order valence-corrected chi connectivity index (χ4v) is 2.61. The number of nitrogens with two attached hydrogens (primary N) is 1. The lowest BCUT2D eigenvalue weighted by molar-refractivity contribution is -0.120.